The number of aryl methyl sites for hydroxylation is 1. The molecule has 1 aromatic heterocycles. The van der Waals surface area contributed by atoms with Crippen molar-refractivity contribution in [1.29, 1.82) is 0 Å². The van der Waals surface area contributed by atoms with Crippen LogP contribution < -0.4 is 10.00 Å². The molecule has 1 amide bonds. The SMILES string of the molecule is CC(=O)Nc1ccc2n[n+](CCS(=O)(=O)O)ccc2c1. The summed E-state index contributed by atoms with van der Waals surface area (Å²) in [7, 11) is -4.00. The molecule has 2 rings (SSSR count). The molecule has 8 heteroatoms. The standard InChI is InChI=1S/C12H13N3O4S/c1-9(16)13-11-2-3-12-10(8-11)4-5-15(14-12)6-7-20(17,18)19/h2-5,8H,6-7H2,1H3,(H,17,18,19)/p+1. The molecule has 1 aromatic carbocycles. The second kappa shape index (κ2) is 5.51. The minimum absolute atomic E-state index is 0.0716. The molecule has 7 nitrogen and oxygen atoms in total. The Hall–Kier alpha value is -2.06. The first-order valence-corrected chi connectivity index (χ1v) is 7.48. The number of aromatic nitrogens is 2. The predicted octanol–water partition coefficient (Wildman–Crippen LogP) is 0.369. The summed E-state index contributed by atoms with van der Waals surface area (Å²) in [6.07, 6.45) is 1.62. The van der Waals surface area contributed by atoms with Crippen molar-refractivity contribution < 1.29 is 22.4 Å². The van der Waals surface area contributed by atoms with Crippen molar-refractivity contribution in [2.45, 2.75) is 13.5 Å². The predicted molar refractivity (Wildman–Crippen MR) is 72.7 cm³/mol. The summed E-state index contributed by atoms with van der Waals surface area (Å²) < 4.78 is 31.5. The van der Waals surface area contributed by atoms with Crippen molar-refractivity contribution >= 4 is 32.6 Å². The quantitative estimate of drug-likeness (QED) is 0.627. The van der Waals surface area contributed by atoms with Crippen LogP contribution in [0.25, 0.3) is 10.9 Å². The van der Waals surface area contributed by atoms with E-state index in [4.69, 9.17) is 4.55 Å². The van der Waals surface area contributed by atoms with Gasteiger partial charge in [-0.05, 0) is 18.2 Å². The van der Waals surface area contributed by atoms with Crippen molar-refractivity contribution in [3.8, 4) is 0 Å². The fourth-order valence-corrected chi connectivity index (χ4v) is 2.15. The van der Waals surface area contributed by atoms with Gasteiger partial charge in [0.15, 0.2) is 12.7 Å². The largest absolute Gasteiger partial charge is 0.326 e. The molecule has 0 saturated carbocycles. The number of nitrogens with one attached hydrogen (secondary N) is 1. The summed E-state index contributed by atoms with van der Waals surface area (Å²) in [6, 6.07) is 6.98. The average Bonchev–Trinajstić information content (AvgIpc) is 2.34. The summed E-state index contributed by atoms with van der Waals surface area (Å²) >= 11 is 0. The van der Waals surface area contributed by atoms with Gasteiger partial charge in [0.2, 0.25) is 5.91 Å². The van der Waals surface area contributed by atoms with Gasteiger partial charge in [0.1, 0.15) is 11.3 Å². The molecule has 0 radical (unpaired) electrons. The van der Waals surface area contributed by atoms with Gasteiger partial charge < -0.3 is 5.32 Å². The Labute approximate surface area is 116 Å². The normalized spacial score (nSPS) is 11.5. The third-order valence-electron chi connectivity index (χ3n) is 2.59. The number of carbonyl (C=O) groups excluding carboxylic acids is 1. The van der Waals surface area contributed by atoms with Crippen LogP contribution in [0.4, 0.5) is 5.69 Å². The van der Waals surface area contributed by atoms with E-state index in [1.54, 1.807) is 30.5 Å². The highest BCUT2D eigenvalue weighted by atomic mass is 32.2. The van der Waals surface area contributed by atoms with Gasteiger partial charge in [0.05, 0.1) is 0 Å². The maximum absolute atomic E-state index is 11.0. The first-order valence-electron chi connectivity index (χ1n) is 5.87. The number of anilines is 1. The lowest BCUT2D eigenvalue weighted by molar-refractivity contribution is -0.747. The molecule has 0 bridgehead atoms. The smallest absolute Gasteiger partial charge is 0.271 e. The highest BCUT2D eigenvalue weighted by Gasteiger charge is 2.12. The van der Waals surface area contributed by atoms with Gasteiger partial charge in [-0.25, -0.2) is 0 Å². The molecular weight excluding hydrogens is 282 g/mol. The summed E-state index contributed by atoms with van der Waals surface area (Å²) in [5, 5.41) is 7.72. The Bertz CT molecular complexity index is 758. The van der Waals surface area contributed by atoms with Crippen LogP contribution in [-0.2, 0) is 21.5 Å². The van der Waals surface area contributed by atoms with Crippen LogP contribution in [0.2, 0.25) is 0 Å². The zero-order valence-electron chi connectivity index (χ0n) is 10.8. The van der Waals surface area contributed by atoms with Crippen LogP contribution in [0.5, 0.6) is 0 Å². The van der Waals surface area contributed by atoms with Crippen LogP contribution in [0, 0.1) is 0 Å². The zero-order chi connectivity index (χ0) is 14.8. The Balaban J connectivity index is 2.24. The van der Waals surface area contributed by atoms with Gasteiger partial charge in [0, 0.05) is 29.2 Å². The van der Waals surface area contributed by atoms with E-state index in [0.717, 1.165) is 5.39 Å². The van der Waals surface area contributed by atoms with E-state index in [0.29, 0.717) is 11.2 Å². The van der Waals surface area contributed by atoms with Gasteiger partial charge in [-0.15, -0.1) is 0 Å². The molecule has 0 saturated heterocycles. The monoisotopic (exact) mass is 296 g/mol. The maximum Gasteiger partial charge on any atom is 0.271 e. The Morgan fingerprint density at radius 1 is 1.40 bits per heavy atom. The first kappa shape index (κ1) is 14.4. The molecular formula is C12H14N3O4S+. The van der Waals surface area contributed by atoms with Crippen molar-refractivity contribution in [1.82, 2.24) is 5.10 Å². The molecule has 0 aliphatic heterocycles. The summed E-state index contributed by atoms with van der Waals surface area (Å²) in [6.45, 7) is 1.50. The van der Waals surface area contributed by atoms with Gasteiger partial charge in [-0.1, -0.05) is 4.68 Å². The topological polar surface area (TPSA) is 100 Å². The maximum atomic E-state index is 11.0. The number of amides is 1. The van der Waals surface area contributed by atoms with E-state index in [2.05, 4.69) is 10.4 Å². The zero-order valence-corrected chi connectivity index (χ0v) is 11.6. The highest BCUT2D eigenvalue weighted by molar-refractivity contribution is 7.85. The number of fused-ring (bicyclic) bond motifs is 1. The summed E-state index contributed by atoms with van der Waals surface area (Å²) in [4.78, 5) is 11.0. The lowest BCUT2D eigenvalue weighted by atomic mass is 10.2. The number of benzene rings is 1. The second-order valence-corrected chi connectivity index (χ2v) is 5.89. The summed E-state index contributed by atoms with van der Waals surface area (Å²) in [5.41, 5.74) is 1.33. The number of hydrogen-bond donors (Lipinski definition) is 2. The van der Waals surface area contributed by atoms with Crippen LogP contribution in [-0.4, -0.2) is 29.7 Å². The molecule has 0 spiro atoms. The van der Waals surface area contributed by atoms with Gasteiger partial charge in [-0.3, -0.25) is 9.35 Å². The number of rotatable bonds is 4. The second-order valence-electron chi connectivity index (χ2n) is 4.32. The van der Waals surface area contributed by atoms with E-state index in [1.165, 1.54) is 11.6 Å². The highest BCUT2D eigenvalue weighted by Crippen LogP contribution is 2.15. The van der Waals surface area contributed by atoms with E-state index in [1.807, 2.05) is 0 Å². The van der Waals surface area contributed by atoms with Crippen molar-refractivity contribution in [3.63, 3.8) is 0 Å². The summed E-state index contributed by atoms with van der Waals surface area (Å²) in [5.74, 6) is -0.545. The van der Waals surface area contributed by atoms with E-state index in [-0.39, 0.29) is 18.2 Å². The number of nitrogens with zero attached hydrogens (tertiary/aromatic N) is 2. The van der Waals surface area contributed by atoms with Crippen molar-refractivity contribution in [3.05, 3.63) is 30.5 Å². The van der Waals surface area contributed by atoms with Crippen molar-refractivity contribution in [2.75, 3.05) is 11.1 Å². The number of carbonyl (C=O) groups is 1. The van der Waals surface area contributed by atoms with Crippen LogP contribution in [0.3, 0.4) is 0 Å². The molecule has 2 aromatic rings. The fourth-order valence-electron chi connectivity index (χ4n) is 1.73. The average molecular weight is 296 g/mol. The molecule has 0 atom stereocenters. The third-order valence-corrected chi connectivity index (χ3v) is 3.29. The Morgan fingerprint density at radius 2 is 2.15 bits per heavy atom. The molecule has 0 aliphatic carbocycles. The van der Waals surface area contributed by atoms with Gasteiger partial charge >= 0.3 is 0 Å². The lowest BCUT2D eigenvalue weighted by Gasteiger charge is -2.02. The molecule has 106 valence electrons. The first-order chi connectivity index (χ1) is 9.33. The van der Waals surface area contributed by atoms with Crippen LogP contribution in [0.15, 0.2) is 30.5 Å². The number of hydrogen-bond acceptors (Lipinski definition) is 4. The minimum Gasteiger partial charge on any atom is -0.326 e. The van der Waals surface area contributed by atoms with Crippen LogP contribution >= 0.6 is 0 Å². The third kappa shape index (κ3) is 3.97. The van der Waals surface area contributed by atoms with E-state index in [9.17, 15) is 13.2 Å². The molecule has 0 unspecified atom stereocenters. The Kier molecular flexibility index (Phi) is 3.96. The van der Waals surface area contributed by atoms with Gasteiger partial charge in [-0.2, -0.15) is 8.42 Å². The molecule has 20 heavy (non-hydrogen) atoms. The van der Waals surface area contributed by atoms with Crippen molar-refractivity contribution in [2.24, 2.45) is 0 Å². The Morgan fingerprint density at radius 3 is 2.80 bits per heavy atom. The van der Waals surface area contributed by atoms with E-state index < -0.39 is 10.1 Å². The molecule has 2 N–H and O–H groups in total. The van der Waals surface area contributed by atoms with E-state index >= 15 is 0 Å². The lowest BCUT2D eigenvalue weighted by Crippen LogP contribution is -2.40. The van der Waals surface area contributed by atoms with Crippen LogP contribution in [0.1, 0.15) is 6.92 Å². The fraction of sp³-hybridized carbons (Fsp3) is 0.250. The molecule has 0 fully saturated rings. The minimum atomic E-state index is -4.00. The van der Waals surface area contributed by atoms with Gasteiger partial charge in [0.25, 0.3) is 10.1 Å². The molecule has 0 aliphatic rings. The molecule has 1 heterocycles.